The Bertz CT molecular complexity index is 473. The summed E-state index contributed by atoms with van der Waals surface area (Å²) in [6, 6.07) is 8.29. The van der Waals surface area contributed by atoms with Crippen LogP contribution in [0, 0.1) is 12.8 Å². The summed E-state index contributed by atoms with van der Waals surface area (Å²) in [5.41, 5.74) is 0.713. The van der Waals surface area contributed by atoms with Crippen molar-refractivity contribution in [1.29, 1.82) is 0 Å². The second-order valence-electron chi connectivity index (χ2n) is 5.27. The molecular formula is C16H23NO2S. The van der Waals surface area contributed by atoms with Gasteiger partial charge in [0, 0.05) is 10.6 Å². The minimum Gasteiger partial charge on any atom is -0.465 e. The van der Waals surface area contributed by atoms with Crippen molar-refractivity contribution >= 4 is 17.7 Å². The number of benzene rings is 1. The molecule has 0 spiro atoms. The van der Waals surface area contributed by atoms with Gasteiger partial charge in [0.15, 0.2) is 0 Å². The van der Waals surface area contributed by atoms with Crippen LogP contribution in [0.3, 0.4) is 0 Å². The number of ether oxygens (including phenoxy) is 1. The molecule has 1 N–H and O–H groups in total. The Hall–Kier alpha value is -1.00. The Morgan fingerprint density at radius 3 is 2.70 bits per heavy atom. The topological polar surface area (TPSA) is 38.3 Å². The molecule has 1 fully saturated rings. The van der Waals surface area contributed by atoms with E-state index in [1.54, 1.807) is 11.8 Å². The summed E-state index contributed by atoms with van der Waals surface area (Å²) in [6.45, 7) is 4.40. The van der Waals surface area contributed by atoms with E-state index in [4.69, 9.17) is 4.74 Å². The molecule has 0 bridgehead atoms. The number of nitrogens with one attached hydrogen (secondary N) is 1. The number of rotatable bonds is 7. The van der Waals surface area contributed by atoms with Crippen molar-refractivity contribution in [3.05, 3.63) is 29.8 Å². The average Bonchev–Trinajstić information content (AvgIpc) is 3.27. The summed E-state index contributed by atoms with van der Waals surface area (Å²) in [5, 5.41) is 3.26. The Kier molecular flexibility index (Phi) is 5.11. The van der Waals surface area contributed by atoms with Crippen LogP contribution in [0.25, 0.3) is 0 Å². The standard InChI is InChI=1S/C16H23NO2S/c1-4-19-15(18)16(17-3,13-9-10-13)11-20-14-8-6-5-7-12(14)2/h5-8,13,17H,4,9-11H2,1-3H3. The van der Waals surface area contributed by atoms with Crippen LogP contribution in [0.1, 0.15) is 25.3 Å². The predicted octanol–water partition coefficient (Wildman–Crippen LogP) is 3.02. The first-order valence-electron chi connectivity index (χ1n) is 7.18. The van der Waals surface area contributed by atoms with Crippen molar-refractivity contribution in [1.82, 2.24) is 5.32 Å². The molecule has 1 unspecified atom stereocenters. The largest absolute Gasteiger partial charge is 0.465 e. The lowest BCUT2D eigenvalue weighted by atomic mass is 9.96. The van der Waals surface area contributed by atoms with Crippen molar-refractivity contribution < 1.29 is 9.53 Å². The molecule has 2 rings (SSSR count). The molecule has 110 valence electrons. The fourth-order valence-electron chi connectivity index (χ4n) is 2.47. The van der Waals surface area contributed by atoms with Crippen LogP contribution < -0.4 is 5.32 Å². The first-order valence-corrected chi connectivity index (χ1v) is 8.17. The molecule has 0 aliphatic heterocycles. The first kappa shape index (κ1) is 15.4. The Labute approximate surface area is 125 Å². The number of thioether (sulfide) groups is 1. The SMILES string of the molecule is CCOC(=O)C(CSc1ccccc1C)(NC)C1CC1. The average molecular weight is 293 g/mol. The van der Waals surface area contributed by atoms with Gasteiger partial charge in [0.1, 0.15) is 5.54 Å². The monoisotopic (exact) mass is 293 g/mol. The van der Waals surface area contributed by atoms with E-state index < -0.39 is 5.54 Å². The molecule has 1 aliphatic carbocycles. The minimum absolute atomic E-state index is 0.105. The molecule has 0 heterocycles. The molecule has 1 saturated carbocycles. The van der Waals surface area contributed by atoms with Crippen molar-refractivity contribution in [2.75, 3.05) is 19.4 Å². The second-order valence-corrected chi connectivity index (χ2v) is 6.29. The van der Waals surface area contributed by atoms with Crippen LogP contribution in [0.15, 0.2) is 29.2 Å². The van der Waals surface area contributed by atoms with Gasteiger partial charge < -0.3 is 10.1 Å². The Balaban J connectivity index is 2.12. The highest BCUT2D eigenvalue weighted by Gasteiger charge is 2.51. The summed E-state index contributed by atoms with van der Waals surface area (Å²) >= 11 is 1.74. The van der Waals surface area contributed by atoms with Gasteiger partial charge in [0.2, 0.25) is 0 Å². The number of hydrogen-bond acceptors (Lipinski definition) is 4. The van der Waals surface area contributed by atoms with Crippen molar-refractivity contribution in [2.24, 2.45) is 5.92 Å². The molecule has 0 radical (unpaired) electrons. The fourth-order valence-corrected chi connectivity index (χ4v) is 3.82. The minimum atomic E-state index is -0.539. The predicted molar refractivity (Wildman–Crippen MR) is 83.1 cm³/mol. The summed E-state index contributed by atoms with van der Waals surface area (Å²) < 4.78 is 5.30. The molecule has 0 amide bonds. The number of aryl methyl sites for hydroxylation is 1. The highest BCUT2D eigenvalue weighted by atomic mass is 32.2. The maximum absolute atomic E-state index is 12.4. The lowest BCUT2D eigenvalue weighted by Gasteiger charge is -2.31. The molecule has 4 heteroatoms. The molecule has 20 heavy (non-hydrogen) atoms. The van der Waals surface area contributed by atoms with Gasteiger partial charge in [-0.2, -0.15) is 0 Å². The highest BCUT2D eigenvalue weighted by Crippen LogP contribution is 2.43. The van der Waals surface area contributed by atoms with Gasteiger partial charge in [-0.25, -0.2) is 0 Å². The quantitative estimate of drug-likeness (QED) is 0.619. The summed E-state index contributed by atoms with van der Waals surface area (Å²) in [7, 11) is 1.87. The maximum Gasteiger partial charge on any atom is 0.327 e. The molecule has 1 atom stereocenters. The number of likely N-dealkylation sites (N-methyl/N-ethyl adjacent to an activating group) is 1. The smallest absolute Gasteiger partial charge is 0.327 e. The third kappa shape index (κ3) is 3.18. The van der Waals surface area contributed by atoms with Crippen LogP contribution in [-0.4, -0.2) is 30.9 Å². The molecule has 1 aromatic carbocycles. The van der Waals surface area contributed by atoms with Gasteiger partial charge in [0.25, 0.3) is 0 Å². The highest BCUT2D eigenvalue weighted by molar-refractivity contribution is 7.99. The van der Waals surface area contributed by atoms with E-state index in [0.717, 1.165) is 18.6 Å². The van der Waals surface area contributed by atoms with Gasteiger partial charge in [-0.15, -0.1) is 11.8 Å². The summed E-state index contributed by atoms with van der Waals surface area (Å²) in [6.07, 6.45) is 2.21. The lowest BCUT2D eigenvalue weighted by molar-refractivity contribution is -0.150. The van der Waals surface area contributed by atoms with E-state index in [-0.39, 0.29) is 5.97 Å². The zero-order valence-electron chi connectivity index (χ0n) is 12.4. The Morgan fingerprint density at radius 2 is 2.15 bits per heavy atom. The number of esters is 1. The zero-order valence-corrected chi connectivity index (χ0v) is 13.3. The van der Waals surface area contributed by atoms with E-state index in [9.17, 15) is 4.79 Å². The number of carbonyl (C=O) groups excluding carboxylic acids is 1. The van der Waals surface area contributed by atoms with E-state index in [0.29, 0.717) is 12.5 Å². The third-order valence-corrected chi connectivity index (χ3v) is 5.28. The van der Waals surface area contributed by atoms with E-state index >= 15 is 0 Å². The molecule has 1 aliphatic rings. The van der Waals surface area contributed by atoms with Crippen LogP contribution in [-0.2, 0) is 9.53 Å². The van der Waals surface area contributed by atoms with Crippen molar-refractivity contribution in [2.45, 2.75) is 37.1 Å². The second kappa shape index (κ2) is 6.64. The van der Waals surface area contributed by atoms with Crippen LogP contribution in [0.4, 0.5) is 0 Å². The number of carbonyl (C=O) groups is 1. The van der Waals surface area contributed by atoms with Crippen molar-refractivity contribution in [3.8, 4) is 0 Å². The van der Waals surface area contributed by atoms with Gasteiger partial charge in [-0.05, 0) is 51.3 Å². The molecule has 1 aromatic rings. The van der Waals surface area contributed by atoms with E-state index in [2.05, 4.69) is 24.4 Å². The van der Waals surface area contributed by atoms with Gasteiger partial charge >= 0.3 is 5.97 Å². The fraction of sp³-hybridized carbons (Fsp3) is 0.562. The molecule has 3 nitrogen and oxygen atoms in total. The van der Waals surface area contributed by atoms with Crippen LogP contribution >= 0.6 is 11.8 Å². The summed E-state index contributed by atoms with van der Waals surface area (Å²) in [4.78, 5) is 13.6. The molecule has 0 aromatic heterocycles. The Morgan fingerprint density at radius 1 is 1.45 bits per heavy atom. The maximum atomic E-state index is 12.4. The van der Waals surface area contributed by atoms with Crippen molar-refractivity contribution in [3.63, 3.8) is 0 Å². The third-order valence-electron chi connectivity index (χ3n) is 3.91. The number of hydrogen-bond donors (Lipinski definition) is 1. The molecule has 0 saturated heterocycles. The van der Waals surface area contributed by atoms with E-state index in [1.165, 1.54) is 10.5 Å². The first-order chi connectivity index (χ1) is 9.64. The van der Waals surface area contributed by atoms with Crippen LogP contribution in [0.5, 0.6) is 0 Å². The van der Waals surface area contributed by atoms with Crippen LogP contribution in [0.2, 0.25) is 0 Å². The normalized spacial score (nSPS) is 17.6. The van der Waals surface area contributed by atoms with Gasteiger partial charge in [-0.3, -0.25) is 4.79 Å². The van der Waals surface area contributed by atoms with Gasteiger partial charge in [-0.1, -0.05) is 18.2 Å². The van der Waals surface area contributed by atoms with E-state index in [1.807, 2.05) is 26.1 Å². The summed E-state index contributed by atoms with van der Waals surface area (Å²) in [5.74, 6) is 1.02. The molecular weight excluding hydrogens is 270 g/mol. The zero-order chi connectivity index (χ0) is 14.6. The lowest BCUT2D eigenvalue weighted by Crippen LogP contribution is -2.55. The van der Waals surface area contributed by atoms with Gasteiger partial charge in [0.05, 0.1) is 6.61 Å².